The van der Waals surface area contributed by atoms with E-state index in [9.17, 15) is 0 Å². The molecule has 0 amide bonds. The van der Waals surface area contributed by atoms with E-state index in [2.05, 4.69) is 78.9 Å². The summed E-state index contributed by atoms with van der Waals surface area (Å²) < 4.78 is 22.1. The van der Waals surface area contributed by atoms with Crippen LogP contribution in [-0.4, -0.2) is 9.97 Å². The number of fused-ring (bicyclic) bond motifs is 11. The number of nitrogens with zero attached hydrogens (tertiary/aromatic N) is 2. The lowest BCUT2D eigenvalue weighted by Gasteiger charge is -2.14. The number of benzene rings is 6. The molecular formula is C42H22N2O3S. The summed E-state index contributed by atoms with van der Waals surface area (Å²) in [5.41, 5.74) is 10.2. The highest BCUT2D eigenvalue weighted by atomic mass is 32.1. The van der Waals surface area contributed by atoms with Gasteiger partial charge in [0.25, 0.3) is 0 Å². The van der Waals surface area contributed by atoms with Crippen molar-refractivity contribution >= 4 is 86.8 Å². The van der Waals surface area contributed by atoms with E-state index in [-0.39, 0.29) is 0 Å². The number of thiophene rings is 1. The lowest BCUT2D eigenvalue weighted by atomic mass is 9.91. The van der Waals surface area contributed by atoms with Gasteiger partial charge < -0.3 is 13.3 Å². The quantitative estimate of drug-likeness (QED) is 0.193. The number of rotatable bonds is 3. The molecule has 11 rings (SSSR count). The van der Waals surface area contributed by atoms with Gasteiger partial charge in [-0.25, -0.2) is 9.97 Å². The molecule has 0 bridgehead atoms. The van der Waals surface area contributed by atoms with E-state index < -0.39 is 0 Å². The van der Waals surface area contributed by atoms with E-state index in [1.165, 1.54) is 9.40 Å². The van der Waals surface area contributed by atoms with Gasteiger partial charge in [-0.3, -0.25) is 0 Å². The molecule has 5 aromatic heterocycles. The minimum absolute atomic E-state index is 0.435. The Morgan fingerprint density at radius 1 is 0.438 bits per heavy atom. The topological polar surface area (TPSA) is 65.2 Å². The van der Waals surface area contributed by atoms with Crippen LogP contribution in [0.3, 0.4) is 0 Å². The summed E-state index contributed by atoms with van der Waals surface area (Å²) in [6.45, 7) is 0. The minimum atomic E-state index is 0.435. The SMILES string of the molecule is c1ccc(-c2nc3oc4c5ccccc5oc4c3nc2-c2c3oc4ccccc4c3c(-c3ccccc3)c3sc4ccccc4c23)cc1. The summed E-state index contributed by atoms with van der Waals surface area (Å²) in [4.78, 5) is 10.7. The first-order valence-electron chi connectivity index (χ1n) is 15.8. The standard InChI is InChI=1S/C42H22N2O3S/c1-3-13-23(14-4-1)31-32-25-17-7-10-20-28(25)45-39(32)34(33-27-19-9-12-22-30(27)48-41(31)33)36-35(24-15-5-2-6-16-24)44-42-37(43-36)40-38(47-42)26-18-8-11-21-29(26)46-40/h1-22H. The van der Waals surface area contributed by atoms with E-state index in [1.807, 2.05) is 54.6 Å². The molecule has 0 unspecified atom stereocenters. The molecule has 0 aliphatic heterocycles. The molecule has 5 nitrogen and oxygen atoms in total. The van der Waals surface area contributed by atoms with E-state index in [1.54, 1.807) is 11.3 Å². The summed E-state index contributed by atoms with van der Waals surface area (Å²) in [6.07, 6.45) is 0. The second-order valence-electron chi connectivity index (χ2n) is 12.0. The normalized spacial score (nSPS) is 12.2. The van der Waals surface area contributed by atoms with E-state index >= 15 is 0 Å². The van der Waals surface area contributed by atoms with Crippen molar-refractivity contribution in [3.05, 3.63) is 133 Å². The van der Waals surface area contributed by atoms with Crippen LogP contribution in [0.2, 0.25) is 0 Å². The van der Waals surface area contributed by atoms with Gasteiger partial charge in [-0.2, -0.15) is 0 Å². The lowest BCUT2D eigenvalue weighted by molar-refractivity contribution is 0.645. The molecule has 0 radical (unpaired) electrons. The molecule has 0 atom stereocenters. The van der Waals surface area contributed by atoms with Crippen LogP contribution >= 0.6 is 11.3 Å². The molecule has 0 aliphatic carbocycles. The smallest absolute Gasteiger partial charge is 0.250 e. The van der Waals surface area contributed by atoms with Crippen LogP contribution in [0.4, 0.5) is 0 Å². The van der Waals surface area contributed by atoms with Crippen LogP contribution < -0.4 is 0 Å². The number of hydrogen-bond donors (Lipinski definition) is 0. The summed E-state index contributed by atoms with van der Waals surface area (Å²) in [5.74, 6) is 0. The Kier molecular flexibility index (Phi) is 5.20. The van der Waals surface area contributed by atoms with Crippen molar-refractivity contribution in [1.82, 2.24) is 9.97 Å². The Morgan fingerprint density at radius 3 is 1.85 bits per heavy atom. The summed E-state index contributed by atoms with van der Waals surface area (Å²) in [7, 11) is 0. The van der Waals surface area contributed by atoms with Crippen molar-refractivity contribution in [3.63, 3.8) is 0 Å². The highest BCUT2D eigenvalue weighted by Gasteiger charge is 2.29. The van der Waals surface area contributed by atoms with Crippen molar-refractivity contribution in [2.24, 2.45) is 0 Å². The molecule has 6 heteroatoms. The molecule has 0 N–H and O–H groups in total. The van der Waals surface area contributed by atoms with Crippen molar-refractivity contribution < 1.29 is 13.3 Å². The Morgan fingerprint density at radius 2 is 1.06 bits per heavy atom. The molecule has 0 saturated heterocycles. The molecule has 6 aromatic carbocycles. The number of furan rings is 3. The van der Waals surface area contributed by atoms with E-state index in [0.717, 1.165) is 71.6 Å². The Hall–Kier alpha value is -6.24. The number of hydrogen-bond acceptors (Lipinski definition) is 6. The van der Waals surface area contributed by atoms with Gasteiger partial charge in [-0.15, -0.1) is 11.3 Å². The van der Waals surface area contributed by atoms with Gasteiger partial charge >= 0.3 is 0 Å². The van der Waals surface area contributed by atoms with E-state index in [0.29, 0.717) is 28.1 Å². The van der Waals surface area contributed by atoms with Crippen molar-refractivity contribution in [2.75, 3.05) is 0 Å². The predicted molar refractivity (Wildman–Crippen MR) is 196 cm³/mol. The van der Waals surface area contributed by atoms with Crippen molar-refractivity contribution in [3.8, 4) is 33.6 Å². The molecular weight excluding hydrogens is 613 g/mol. The highest BCUT2D eigenvalue weighted by molar-refractivity contribution is 7.26. The van der Waals surface area contributed by atoms with Gasteiger partial charge in [0, 0.05) is 42.1 Å². The fourth-order valence-electron chi connectivity index (χ4n) is 7.26. The Labute approximate surface area is 276 Å². The largest absolute Gasteiger partial charge is 0.455 e. The first-order valence-corrected chi connectivity index (χ1v) is 16.6. The average Bonchev–Trinajstić information content (AvgIpc) is 3.90. The fraction of sp³-hybridized carbons (Fsp3) is 0. The number of aromatic nitrogens is 2. The number of para-hydroxylation sites is 2. The predicted octanol–water partition coefficient (Wildman–Crippen LogP) is 12.4. The second kappa shape index (κ2) is 9.64. The maximum atomic E-state index is 6.94. The summed E-state index contributed by atoms with van der Waals surface area (Å²) in [6, 6.07) is 45.6. The second-order valence-corrected chi connectivity index (χ2v) is 13.1. The average molecular weight is 635 g/mol. The molecule has 48 heavy (non-hydrogen) atoms. The zero-order valence-electron chi connectivity index (χ0n) is 25.2. The Bertz CT molecular complexity index is 3050. The molecule has 0 aliphatic rings. The van der Waals surface area contributed by atoms with Crippen LogP contribution in [0.1, 0.15) is 0 Å². The van der Waals surface area contributed by atoms with Crippen LogP contribution in [-0.2, 0) is 0 Å². The van der Waals surface area contributed by atoms with Gasteiger partial charge in [-0.1, -0.05) is 109 Å². The zero-order valence-corrected chi connectivity index (χ0v) is 26.0. The highest BCUT2D eigenvalue weighted by Crippen LogP contribution is 2.53. The molecule has 0 fully saturated rings. The minimum Gasteiger partial charge on any atom is -0.455 e. The third-order valence-corrected chi connectivity index (χ3v) is 10.5. The van der Waals surface area contributed by atoms with Crippen LogP contribution in [0.25, 0.3) is 109 Å². The maximum absolute atomic E-state index is 6.94. The van der Waals surface area contributed by atoms with Crippen LogP contribution in [0.5, 0.6) is 0 Å². The van der Waals surface area contributed by atoms with E-state index in [4.69, 9.17) is 23.2 Å². The van der Waals surface area contributed by atoms with Gasteiger partial charge in [-0.05, 0) is 29.8 Å². The molecule has 5 heterocycles. The molecule has 0 saturated carbocycles. The summed E-state index contributed by atoms with van der Waals surface area (Å²) >= 11 is 1.80. The first-order chi connectivity index (χ1) is 23.8. The van der Waals surface area contributed by atoms with Crippen LogP contribution in [0, 0.1) is 0 Å². The van der Waals surface area contributed by atoms with Gasteiger partial charge in [0.1, 0.15) is 28.1 Å². The lowest BCUT2D eigenvalue weighted by Crippen LogP contribution is -1.96. The molecule has 0 spiro atoms. The third-order valence-electron chi connectivity index (χ3n) is 9.32. The Balaban J connectivity index is 1.40. The fourth-order valence-corrected chi connectivity index (χ4v) is 8.54. The van der Waals surface area contributed by atoms with Gasteiger partial charge in [0.05, 0.1) is 10.9 Å². The molecule has 224 valence electrons. The zero-order chi connectivity index (χ0) is 31.3. The van der Waals surface area contributed by atoms with Gasteiger partial charge in [0.2, 0.25) is 11.3 Å². The third kappa shape index (κ3) is 3.49. The van der Waals surface area contributed by atoms with Crippen LogP contribution in [0.15, 0.2) is 147 Å². The van der Waals surface area contributed by atoms with Crippen molar-refractivity contribution in [2.45, 2.75) is 0 Å². The monoisotopic (exact) mass is 634 g/mol. The van der Waals surface area contributed by atoms with Gasteiger partial charge in [0.15, 0.2) is 11.1 Å². The molecule has 11 aromatic rings. The maximum Gasteiger partial charge on any atom is 0.250 e. The first kappa shape index (κ1) is 25.9. The van der Waals surface area contributed by atoms with Crippen molar-refractivity contribution in [1.29, 1.82) is 0 Å². The summed E-state index contributed by atoms with van der Waals surface area (Å²) in [5, 5.41) is 5.26.